The van der Waals surface area contributed by atoms with Crippen molar-refractivity contribution in [2.75, 3.05) is 0 Å². The maximum Gasteiger partial charge on any atom is 0.306 e. The fourth-order valence-electron chi connectivity index (χ4n) is 1.03. The van der Waals surface area contributed by atoms with Crippen LogP contribution in [0, 0.1) is 30.2 Å². The van der Waals surface area contributed by atoms with Gasteiger partial charge in [0.1, 0.15) is 0 Å². The van der Waals surface area contributed by atoms with E-state index < -0.39 is 46.3 Å². The number of halogens is 7. The lowest BCUT2D eigenvalue weighted by Gasteiger charge is -2.07. The van der Waals surface area contributed by atoms with E-state index in [2.05, 4.69) is 0 Å². The summed E-state index contributed by atoms with van der Waals surface area (Å²) < 4.78 is 87.6. The monoisotopic (exact) mass is 244 g/mol. The zero-order chi connectivity index (χ0) is 12.6. The zero-order valence-corrected chi connectivity index (χ0v) is 7.65. The van der Waals surface area contributed by atoms with Crippen LogP contribution in [-0.2, 0) is 0 Å². The second kappa shape index (κ2) is 4.15. The van der Waals surface area contributed by atoms with Gasteiger partial charge in [-0.2, -0.15) is 8.78 Å². The highest BCUT2D eigenvalue weighted by molar-refractivity contribution is 5.61. The van der Waals surface area contributed by atoms with Crippen LogP contribution in [0.5, 0.6) is 0 Å². The van der Waals surface area contributed by atoms with E-state index in [4.69, 9.17) is 0 Å². The van der Waals surface area contributed by atoms with Crippen molar-refractivity contribution < 1.29 is 30.7 Å². The second-order valence-corrected chi connectivity index (χ2v) is 2.83. The van der Waals surface area contributed by atoms with E-state index in [0.29, 0.717) is 6.92 Å². The van der Waals surface area contributed by atoms with Gasteiger partial charge in [0.15, 0.2) is 23.3 Å². The van der Waals surface area contributed by atoms with Gasteiger partial charge in [0.25, 0.3) is 0 Å². The third-order valence-corrected chi connectivity index (χ3v) is 1.87. The molecule has 0 nitrogen and oxygen atoms in total. The zero-order valence-electron chi connectivity index (χ0n) is 7.65. The van der Waals surface area contributed by atoms with Gasteiger partial charge in [-0.05, 0) is 6.92 Å². The Hall–Kier alpha value is -1.53. The quantitative estimate of drug-likeness (QED) is 0.515. The van der Waals surface area contributed by atoms with Gasteiger partial charge in [-0.25, -0.2) is 22.0 Å². The Balaban J connectivity index is 3.72. The van der Waals surface area contributed by atoms with Crippen molar-refractivity contribution in [2.24, 2.45) is 0 Å². The van der Waals surface area contributed by atoms with Crippen LogP contribution in [0.3, 0.4) is 0 Å². The molecular formula is C9H3F7. The molecule has 0 unspecified atom stereocenters. The van der Waals surface area contributed by atoms with Crippen LogP contribution >= 0.6 is 0 Å². The summed E-state index contributed by atoms with van der Waals surface area (Å²) in [6, 6.07) is 0. The van der Waals surface area contributed by atoms with Gasteiger partial charge in [0.2, 0.25) is 5.83 Å². The number of rotatable bonds is 1. The minimum atomic E-state index is -3.07. The smallest absolute Gasteiger partial charge is 0.203 e. The van der Waals surface area contributed by atoms with Crippen molar-refractivity contribution >= 4 is 5.83 Å². The molecule has 16 heavy (non-hydrogen) atoms. The number of hydrogen-bond acceptors (Lipinski definition) is 0. The van der Waals surface area contributed by atoms with Crippen molar-refractivity contribution in [3.8, 4) is 0 Å². The molecule has 0 aliphatic carbocycles. The summed E-state index contributed by atoms with van der Waals surface area (Å²) >= 11 is 0. The summed E-state index contributed by atoms with van der Waals surface area (Å²) in [5, 5.41) is 0. The van der Waals surface area contributed by atoms with Gasteiger partial charge in [-0.3, -0.25) is 0 Å². The summed E-state index contributed by atoms with van der Waals surface area (Å²) in [5.74, 6) is -10.8. The van der Waals surface area contributed by atoms with Gasteiger partial charge in [0, 0.05) is 5.56 Å². The van der Waals surface area contributed by atoms with Gasteiger partial charge < -0.3 is 0 Å². The van der Waals surface area contributed by atoms with Crippen molar-refractivity contribution in [2.45, 2.75) is 6.92 Å². The molecule has 0 heterocycles. The van der Waals surface area contributed by atoms with E-state index in [0.717, 1.165) is 0 Å². The standard InChI is InChI=1S/C9H3F7/c1-2-4(10)6(12)3(7(13)5(2)11)8(14)9(15)16/h1H3. The lowest BCUT2D eigenvalue weighted by molar-refractivity contribution is 0.400. The van der Waals surface area contributed by atoms with Gasteiger partial charge in [-0.1, -0.05) is 0 Å². The molecule has 0 N–H and O–H groups in total. The number of benzene rings is 1. The summed E-state index contributed by atoms with van der Waals surface area (Å²) in [7, 11) is 0. The summed E-state index contributed by atoms with van der Waals surface area (Å²) in [6.45, 7) is 0.689. The largest absolute Gasteiger partial charge is 0.306 e. The highest BCUT2D eigenvalue weighted by atomic mass is 19.3. The maximum absolute atomic E-state index is 12.9. The first-order valence-corrected chi connectivity index (χ1v) is 3.82. The lowest BCUT2D eigenvalue weighted by Crippen LogP contribution is -2.05. The molecule has 88 valence electrons. The second-order valence-electron chi connectivity index (χ2n) is 2.83. The highest BCUT2D eigenvalue weighted by Gasteiger charge is 2.27. The predicted molar refractivity (Wildman–Crippen MR) is 41.3 cm³/mol. The number of hydrogen-bond donors (Lipinski definition) is 0. The van der Waals surface area contributed by atoms with E-state index in [1.165, 1.54) is 0 Å². The third-order valence-electron chi connectivity index (χ3n) is 1.87. The Bertz CT molecular complexity index is 442. The minimum absolute atomic E-state index is 0.689. The molecule has 1 aromatic rings. The molecule has 0 saturated heterocycles. The molecule has 0 spiro atoms. The Morgan fingerprint density at radius 3 is 1.44 bits per heavy atom. The van der Waals surface area contributed by atoms with Crippen LogP contribution < -0.4 is 0 Å². The molecule has 1 aromatic carbocycles. The van der Waals surface area contributed by atoms with Crippen LogP contribution in [0.1, 0.15) is 11.1 Å². The molecule has 0 aliphatic rings. The molecule has 0 amide bonds. The Kier molecular flexibility index (Phi) is 3.25. The van der Waals surface area contributed by atoms with Crippen LogP contribution in [-0.4, -0.2) is 0 Å². The third kappa shape index (κ3) is 1.77. The summed E-state index contributed by atoms with van der Waals surface area (Å²) in [5.41, 5.74) is -3.09. The fourth-order valence-corrected chi connectivity index (χ4v) is 1.03. The minimum Gasteiger partial charge on any atom is -0.203 e. The average molecular weight is 244 g/mol. The normalized spacial score (nSPS) is 10.5. The molecule has 0 radical (unpaired) electrons. The summed E-state index contributed by atoms with van der Waals surface area (Å²) in [4.78, 5) is 0. The molecule has 0 aliphatic heterocycles. The molecule has 0 saturated carbocycles. The van der Waals surface area contributed by atoms with Crippen molar-refractivity contribution in [1.82, 2.24) is 0 Å². The van der Waals surface area contributed by atoms with Crippen molar-refractivity contribution in [1.29, 1.82) is 0 Å². The molecule has 0 fully saturated rings. The topological polar surface area (TPSA) is 0 Å². The first kappa shape index (κ1) is 12.5. The first-order valence-electron chi connectivity index (χ1n) is 3.82. The van der Waals surface area contributed by atoms with E-state index in [9.17, 15) is 30.7 Å². The van der Waals surface area contributed by atoms with Crippen molar-refractivity contribution in [3.63, 3.8) is 0 Å². The van der Waals surface area contributed by atoms with Gasteiger partial charge in [-0.15, -0.1) is 0 Å². The van der Waals surface area contributed by atoms with Crippen LogP contribution in [0.15, 0.2) is 6.08 Å². The average Bonchev–Trinajstić information content (AvgIpc) is 2.23. The lowest BCUT2D eigenvalue weighted by atomic mass is 10.1. The van der Waals surface area contributed by atoms with Crippen LogP contribution in [0.2, 0.25) is 0 Å². The van der Waals surface area contributed by atoms with E-state index in [1.807, 2.05) is 0 Å². The molecule has 0 aromatic heterocycles. The predicted octanol–water partition coefficient (Wildman–Crippen LogP) is 4.09. The van der Waals surface area contributed by atoms with Gasteiger partial charge in [0.05, 0.1) is 5.56 Å². The highest BCUT2D eigenvalue weighted by Crippen LogP contribution is 2.31. The van der Waals surface area contributed by atoms with E-state index >= 15 is 0 Å². The summed E-state index contributed by atoms with van der Waals surface area (Å²) in [6.07, 6.45) is -3.07. The SMILES string of the molecule is Cc1c(F)c(F)c(C(F)=C(F)F)c(F)c1F. The van der Waals surface area contributed by atoms with Crippen LogP contribution in [0.25, 0.3) is 5.83 Å². The first-order chi connectivity index (χ1) is 7.29. The maximum atomic E-state index is 12.9. The Labute approximate surface area is 85.0 Å². The van der Waals surface area contributed by atoms with Gasteiger partial charge >= 0.3 is 6.08 Å². The Morgan fingerprint density at radius 1 is 0.750 bits per heavy atom. The van der Waals surface area contributed by atoms with Crippen LogP contribution in [0.4, 0.5) is 30.7 Å². The molecule has 7 heteroatoms. The van der Waals surface area contributed by atoms with E-state index in [-0.39, 0.29) is 0 Å². The molecule has 1 rings (SSSR count). The molecular weight excluding hydrogens is 241 g/mol. The van der Waals surface area contributed by atoms with E-state index in [1.54, 1.807) is 0 Å². The van der Waals surface area contributed by atoms with Crippen molar-refractivity contribution in [3.05, 3.63) is 40.5 Å². The Morgan fingerprint density at radius 2 is 1.12 bits per heavy atom. The molecule has 0 atom stereocenters. The fraction of sp³-hybridized carbons (Fsp3) is 0.111. The molecule has 0 bridgehead atoms.